The predicted molar refractivity (Wildman–Crippen MR) is 107 cm³/mol. The Hall–Kier alpha value is -1.18. The van der Waals surface area contributed by atoms with E-state index in [1.807, 2.05) is 13.8 Å². The van der Waals surface area contributed by atoms with Gasteiger partial charge in [0, 0.05) is 12.0 Å². The fourth-order valence-corrected chi connectivity index (χ4v) is 6.88. The quantitative estimate of drug-likeness (QED) is 0.425. The number of Topliss-reactive ketones (excluding diaryl/α,β-unsaturated/α-hetero) is 1. The molecular formula is C21H30FO7P. The molecule has 0 bridgehead atoms. The van der Waals surface area contributed by atoms with Crippen LogP contribution in [0.1, 0.15) is 46.0 Å². The second-order valence-corrected chi connectivity index (χ2v) is 10.5. The Labute approximate surface area is 175 Å². The lowest BCUT2D eigenvalue weighted by atomic mass is 9.51. The molecule has 30 heavy (non-hydrogen) atoms. The van der Waals surface area contributed by atoms with Crippen molar-refractivity contribution in [2.45, 2.75) is 52.1 Å². The maximum absolute atomic E-state index is 12.7. The minimum atomic E-state index is -4.72. The Morgan fingerprint density at radius 3 is 2.63 bits per heavy atom. The van der Waals surface area contributed by atoms with Crippen molar-refractivity contribution in [2.24, 2.45) is 35.0 Å². The number of carbonyl (C=O) groups excluding carboxylic acids is 2. The molecule has 7 atom stereocenters. The Bertz CT molecular complexity index is 803. The normalized spacial score (nSPS) is 40.4. The summed E-state index contributed by atoms with van der Waals surface area (Å²) in [5, 5.41) is 11.0. The molecule has 0 aromatic carbocycles. The van der Waals surface area contributed by atoms with Gasteiger partial charge >= 0.3 is 7.82 Å². The van der Waals surface area contributed by atoms with Crippen LogP contribution >= 0.6 is 7.82 Å². The maximum atomic E-state index is 12.7. The topological polar surface area (TPSA) is 121 Å². The Morgan fingerprint density at radius 1 is 1.30 bits per heavy atom. The van der Waals surface area contributed by atoms with Gasteiger partial charge in [0.25, 0.3) is 0 Å². The van der Waals surface area contributed by atoms with Gasteiger partial charge in [-0.3, -0.25) is 14.1 Å². The molecule has 3 rings (SSSR count). The van der Waals surface area contributed by atoms with Crippen molar-refractivity contribution in [1.82, 2.24) is 0 Å². The number of phosphoric ester groups is 1. The van der Waals surface area contributed by atoms with E-state index in [-0.39, 0.29) is 35.8 Å². The summed E-state index contributed by atoms with van der Waals surface area (Å²) in [6, 6.07) is 0. The highest BCUT2D eigenvalue weighted by Crippen LogP contribution is 2.63. The Kier molecular flexibility index (Phi) is 6.85. The van der Waals surface area contributed by atoms with Crippen LogP contribution in [0, 0.1) is 35.0 Å². The predicted octanol–water partition coefficient (Wildman–Crippen LogP) is 3.10. The Morgan fingerprint density at radius 2 is 2.00 bits per heavy atom. The summed E-state index contributed by atoms with van der Waals surface area (Å²) in [6.07, 6.45) is 5.23. The smallest absolute Gasteiger partial charge is 0.393 e. The zero-order valence-electron chi connectivity index (χ0n) is 17.2. The first-order valence-electron chi connectivity index (χ1n) is 10.4. The lowest BCUT2D eigenvalue weighted by Crippen LogP contribution is -2.53. The number of allylic oxidation sites excluding steroid dienone is 3. The van der Waals surface area contributed by atoms with Crippen molar-refractivity contribution in [3.05, 3.63) is 24.1 Å². The van der Waals surface area contributed by atoms with E-state index in [0.717, 1.165) is 24.5 Å². The van der Waals surface area contributed by atoms with Gasteiger partial charge in [0.05, 0.1) is 12.4 Å². The molecule has 3 aliphatic rings. The van der Waals surface area contributed by atoms with E-state index in [1.54, 1.807) is 0 Å². The van der Waals surface area contributed by atoms with Crippen molar-refractivity contribution in [3.8, 4) is 0 Å². The van der Waals surface area contributed by atoms with E-state index in [1.165, 1.54) is 6.08 Å². The molecule has 0 radical (unpaired) electrons. The average molecular weight is 444 g/mol. The van der Waals surface area contributed by atoms with E-state index in [2.05, 4.69) is 4.52 Å². The monoisotopic (exact) mass is 444 g/mol. The van der Waals surface area contributed by atoms with Crippen molar-refractivity contribution < 1.29 is 38.0 Å². The molecule has 0 aromatic heterocycles. The molecule has 7 unspecified atom stereocenters. The molecule has 3 saturated carbocycles. The second-order valence-electron chi connectivity index (χ2n) is 9.23. The van der Waals surface area contributed by atoms with Gasteiger partial charge in [-0.1, -0.05) is 19.4 Å². The van der Waals surface area contributed by atoms with E-state index in [4.69, 9.17) is 9.79 Å². The first-order chi connectivity index (χ1) is 14.0. The maximum Gasteiger partial charge on any atom is 0.470 e. The number of rotatable bonds is 6. The minimum Gasteiger partial charge on any atom is -0.393 e. The van der Waals surface area contributed by atoms with E-state index in [0.29, 0.717) is 19.3 Å². The average Bonchev–Trinajstić information content (AvgIpc) is 2.98. The summed E-state index contributed by atoms with van der Waals surface area (Å²) >= 11 is 0. The number of carbonyl (C=O) groups is 2. The van der Waals surface area contributed by atoms with Crippen LogP contribution in [0.15, 0.2) is 24.1 Å². The number of aliphatic hydroxyl groups is 1. The molecule has 0 aliphatic heterocycles. The van der Waals surface area contributed by atoms with Gasteiger partial charge < -0.3 is 14.9 Å². The van der Waals surface area contributed by atoms with Crippen LogP contribution in [-0.2, 0) is 18.7 Å². The van der Waals surface area contributed by atoms with Crippen molar-refractivity contribution in [3.63, 3.8) is 0 Å². The molecular weight excluding hydrogens is 414 g/mol. The zero-order valence-corrected chi connectivity index (χ0v) is 18.1. The van der Waals surface area contributed by atoms with Crippen LogP contribution in [0.25, 0.3) is 0 Å². The molecule has 0 saturated heterocycles. The van der Waals surface area contributed by atoms with E-state index >= 15 is 0 Å². The molecule has 0 heterocycles. The van der Waals surface area contributed by atoms with Crippen LogP contribution in [0.4, 0.5) is 4.39 Å². The van der Waals surface area contributed by atoms with Gasteiger partial charge in [-0.25, -0.2) is 8.96 Å². The van der Waals surface area contributed by atoms with Gasteiger partial charge in [0.15, 0.2) is 11.6 Å². The number of fused-ring (bicyclic) bond motifs is 3. The molecule has 0 amide bonds. The van der Waals surface area contributed by atoms with Gasteiger partial charge in [0.2, 0.25) is 0 Å². The van der Waals surface area contributed by atoms with Crippen LogP contribution in [0.5, 0.6) is 0 Å². The number of phosphoric acid groups is 1. The number of hydrogen-bond acceptors (Lipinski definition) is 5. The van der Waals surface area contributed by atoms with Crippen LogP contribution < -0.4 is 0 Å². The molecule has 3 fully saturated rings. The lowest BCUT2D eigenvalue weighted by molar-refractivity contribution is -0.137. The molecule has 3 aliphatic carbocycles. The van der Waals surface area contributed by atoms with Crippen LogP contribution in [0.3, 0.4) is 0 Å². The fourth-order valence-electron chi connectivity index (χ4n) is 6.58. The minimum absolute atomic E-state index is 0.0204. The number of halogens is 1. The third-order valence-corrected chi connectivity index (χ3v) is 8.23. The summed E-state index contributed by atoms with van der Waals surface area (Å²) in [5.41, 5.74) is 0.464. The lowest BCUT2D eigenvalue weighted by Gasteiger charge is -2.54. The molecule has 168 valence electrons. The van der Waals surface area contributed by atoms with E-state index in [9.17, 15) is 23.7 Å². The summed E-state index contributed by atoms with van der Waals surface area (Å²) < 4.78 is 27.7. The van der Waals surface area contributed by atoms with Gasteiger partial charge in [-0.15, -0.1) is 0 Å². The number of hydrogen-bond donors (Lipinski definition) is 3. The first kappa shape index (κ1) is 23.5. The molecule has 9 heteroatoms. The summed E-state index contributed by atoms with van der Waals surface area (Å²) in [7, 11) is -4.72. The fraction of sp³-hybridized carbons (Fsp3) is 0.714. The highest BCUT2D eigenvalue weighted by atomic mass is 31.2. The van der Waals surface area contributed by atoms with Gasteiger partial charge in [-0.2, -0.15) is 0 Å². The Balaban J connectivity index is 1.79. The first-order valence-corrected chi connectivity index (χ1v) is 11.9. The molecule has 7 nitrogen and oxygen atoms in total. The largest absolute Gasteiger partial charge is 0.470 e. The SMILES string of the molecule is CC1/C(=C\C(=O)/C=C\F)CCC2C1C(O)CC1(C)C(C(=O)COP(=O)(O)O)CCC21. The van der Waals surface area contributed by atoms with Crippen LogP contribution in [0.2, 0.25) is 0 Å². The molecule has 0 spiro atoms. The van der Waals surface area contributed by atoms with Crippen LogP contribution in [-0.4, -0.2) is 39.2 Å². The third-order valence-electron chi connectivity index (χ3n) is 7.76. The van der Waals surface area contributed by atoms with Crippen molar-refractivity contribution >= 4 is 19.4 Å². The summed E-state index contributed by atoms with van der Waals surface area (Å²) in [5.74, 6) is -0.795. The standard InChI is InChI=1S/C21H30FO7P/c1-12-13(9-14(23)7-8-22)3-4-15-16-5-6-17(19(25)11-29-30(26,27)28)21(16,2)10-18(24)20(12)15/h7-9,12,15-18,20,24H,3-6,10-11H2,1-2H3,(H2,26,27,28)/b8-7-,13-9-. The highest BCUT2D eigenvalue weighted by Gasteiger charge is 2.59. The number of aliphatic hydroxyl groups excluding tert-OH is 1. The highest BCUT2D eigenvalue weighted by molar-refractivity contribution is 7.46. The van der Waals surface area contributed by atoms with Crippen molar-refractivity contribution in [2.75, 3.05) is 6.61 Å². The van der Waals surface area contributed by atoms with Gasteiger partial charge in [0.1, 0.15) is 6.61 Å². The second kappa shape index (κ2) is 8.75. The van der Waals surface area contributed by atoms with Crippen molar-refractivity contribution in [1.29, 1.82) is 0 Å². The summed E-state index contributed by atoms with van der Waals surface area (Å²) in [6.45, 7) is 3.36. The molecule has 3 N–H and O–H groups in total. The van der Waals surface area contributed by atoms with Gasteiger partial charge in [-0.05, 0) is 67.3 Å². The molecule has 0 aromatic rings. The van der Waals surface area contributed by atoms with E-state index < -0.39 is 37.6 Å². The third kappa shape index (κ3) is 4.53. The number of ketones is 2. The summed E-state index contributed by atoms with van der Waals surface area (Å²) in [4.78, 5) is 42.3. The zero-order chi connectivity index (χ0) is 22.3.